The predicted octanol–water partition coefficient (Wildman–Crippen LogP) is 7.41. The van der Waals surface area contributed by atoms with Crippen LogP contribution in [0.1, 0.15) is 55.2 Å². The number of nitrogens with zero attached hydrogens (tertiary/aromatic N) is 4. The van der Waals surface area contributed by atoms with E-state index in [0.29, 0.717) is 11.8 Å². The van der Waals surface area contributed by atoms with E-state index in [1.54, 1.807) is 14.2 Å². The molecule has 1 aliphatic carbocycles. The number of methoxy groups -OCH3 is 2. The quantitative estimate of drug-likeness (QED) is 0.221. The molecule has 0 unspecified atom stereocenters. The maximum Gasteiger partial charge on any atom is 0.248 e. The molecule has 6 heteroatoms. The van der Waals surface area contributed by atoms with Gasteiger partial charge >= 0.3 is 0 Å². The third kappa shape index (κ3) is 5.80. The Morgan fingerprint density at radius 1 is 0.868 bits per heavy atom. The van der Waals surface area contributed by atoms with E-state index in [9.17, 15) is 0 Å². The molecule has 1 fully saturated rings. The van der Waals surface area contributed by atoms with Crippen molar-refractivity contribution in [1.29, 1.82) is 0 Å². The lowest BCUT2D eigenvalue weighted by molar-refractivity contribution is 0.319. The Morgan fingerprint density at radius 3 is 2.11 bits per heavy atom. The van der Waals surface area contributed by atoms with Gasteiger partial charge in [0.25, 0.3) is 0 Å². The highest BCUT2D eigenvalue weighted by atomic mass is 16.5. The van der Waals surface area contributed by atoms with Gasteiger partial charge in [0, 0.05) is 17.7 Å². The lowest BCUT2D eigenvalue weighted by Gasteiger charge is -2.21. The van der Waals surface area contributed by atoms with Crippen LogP contribution in [0.4, 0.5) is 5.95 Å². The molecule has 5 rings (SSSR count). The Kier molecular flexibility index (Phi) is 8.17. The van der Waals surface area contributed by atoms with Crippen molar-refractivity contribution >= 4 is 11.7 Å². The first-order valence-electron chi connectivity index (χ1n) is 13.5. The Balaban J connectivity index is 1.61. The minimum Gasteiger partial charge on any atom is -0.496 e. The summed E-state index contributed by atoms with van der Waals surface area (Å²) in [5.41, 5.74) is 4.74. The van der Waals surface area contributed by atoms with E-state index in [0.717, 1.165) is 58.3 Å². The molecule has 0 atom stereocenters. The van der Waals surface area contributed by atoms with Crippen LogP contribution in [0.5, 0.6) is 11.5 Å². The van der Waals surface area contributed by atoms with Crippen molar-refractivity contribution in [2.75, 3.05) is 14.2 Å². The Morgan fingerprint density at radius 2 is 1.50 bits per heavy atom. The molecule has 0 spiro atoms. The van der Waals surface area contributed by atoms with Crippen LogP contribution >= 0.6 is 0 Å². The zero-order valence-electron chi connectivity index (χ0n) is 22.6. The molecule has 4 aromatic rings. The molecule has 0 radical (unpaired) electrons. The van der Waals surface area contributed by atoms with Gasteiger partial charge in [-0.25, -0.2) is 9.67 Å². The average molecular weight is 509 g/mol. The highest BCUT2D eigenvalue weighted by Gasteiger charge is 2.20. The molecular formula is C32H36N4O2. The summed E-state index contributed by atoms with van der Waals surface area (Å²) in [4.78, 5) is 10.1. The zero-order chi connectivity index (χ0) is 26.3. The molecular weight excluding hydrogens is 472 g/mol. The van der Waals surface area contributed by atoms with Crippen molar-refractivity contribution in [2.45, 2.75) is 52.0 Å². The Labute approximate surface area is 225 Å². The number of hydrogen-bond donors (Lipinski definition) is 0. The number of ether oxygens (including phenoxy) is 2. The van der Waals surface area contributed by atoms with Crippen LogP contribution in [-0.2, 0) is 6.54 Å². The maximum absolute atomic E-state index is 5.72. The summed E-state index contributed by atoms with van der Waals surface area (Å²) >= 11 is 0. The van der Waals surface area contributed by atoms with Crippen molar-refractivity contribution in [3.8, 4) is 22.9 Å². The highest BCUT2D eigenvalue weighted by Crippen LogP contribution is 2.36. The SMILES string of the molecule is COc1cc(-c2nc(N=C(c3ccccc3)c3ccccc3)n(CCC3CCCCC3)n2)c(OC)cc1C. The normalized spacial score (nSPS) is 13.8. The van der Waals surface area contributed by atoms with Crippen LogP contribution in [0, 0.1) is 12.8 Å². The minimum absolute atomic E-state index is 0.586. The molecule has 1 aliphatic rings. The average Bonchev–Trinajstić information content (AvgIpc) is 3.38. The van der Waals surface area contributed by atoms with Crippen molar-refractivity contribution in [2.24, 2.45) is 10.9 Å². The molecule has 196 valence electrons. The summed E-state index contributed by atoms with van der Waals surface area (Å²) < 4.78 is 13.3. The second kappa shape index (κ2) is 12.1. The van der Waals surface area contributed by atoms with Crippen molar-refractivity contribution in [1.82, 2.24) is 14.8 Å². The van der Waals surface area contributed by atoms with E-state index < -0.39 is 0 Å². The van der Waals surface area contributed by atoms with Gasteiger partial charge in [0.05, 0.1) is 25.5 Å². The van der Waals surface area contributed by atoms with E-state index in [-0.39, 0.29) is 0 Å². The summed E-state index contributed by atoms with van der Waals surface area (Å²) in [6.07, 6.45) is 7.66. The second-order valence-corrected chi connectivity index (χ2v) is 9.97. The van der Waals surface area contributed by atoms with Gasteiger partial charge in [0.2, 0.25) is 5.95 Å². The van der Waals surface area contributed by atoms with Crippen LogP contribution in [-0.4, -0.2) is 34.7 Å². The summed E-state index contributed by atoms with van der Waals surface area (Å²) in [5, 5.41) is 4.98. The molecule has 3 aromatic carbocycles. The lowest BCUT2D eigenvalue weighted by Crippen LogP contribution is -2.11. The van der Waals surface area contributed by atoms with Crippen molar-refractivity contribution < 1.29 is 9.47 Å². The summed E-state index contributed by atoms with van der Waals surface area (Å²) in [6, 6.07) is 24.5. The fourth-order valence-corrected chi connectivity index (χ4v) is 5.27. The van der Waals surface area contributed by atoms with Crippen LogP contribution in [0.25, 0.3) is 11.4 Å². The second-order valence-electron chi connectivity index (χ2n) is 9.97. The van der Waals surface area contributed by atoms with Gasteiger partial charge in [-0.2, -0.15) is 4.98 Å². The van der Waals surface area contributed by atoms with E-state index in [4.69, 9.17) is 24.5 Å². The van der Waals surface area contributed by atoms with Crippen LogP contribution in [0.2, 0.25) is 0 Å². The smallest absolute Gasteiger partial charge is 0.248 e. The minimum atomic E-state index is 0.586. The first-order valence-corrected chi connectivity index (χ1v) is 13.5. The summed E-state index contributed by atoms with van der Waals surface area (Å²) in [5.74, 6) is 3.40. The van der Waals surface area contributed by atoms with Crippen LogP contribution in [0.15, 0.2) is 77.8 Å². The van der Waals surface area contributed by atoms with Gasteiger partial charge in [-0.15, -0.1) is 5.10 Å². The van der Waals surface area contributed by atoms with Crippen molar-refractivity contribution in [3.63, 3.8) is 0 Å². The molecule has 0 amide bonds. The standard InChI is InChI=1S/C32H36N4O2/c1-23-21-29(38-3)27(22-28(23)37-2)31-34-32(36(35-31)20-19-24-13-7-4-8-14-24)33-30(25-15-9-5-10-16-25)26-17-11-6-12-18-26/h5-6,9-12,15-18,21-22,24H,4,7-8,13-14,19-20H2,1-3H3. The molecule has 0 N–H and O–H groups in total. The number of aliphatic imine (C=N–C) groups is 1. The van der Waals surface area contributed by atoms with Crippen LogP contribution in [0.3, 0.4) is 0 Å². The fourth-order valence-electron chi connectivity index (χ4n) is 5.27. The molecule has 1 aromatic heterocycles. The van der Waals surface area contributed by atoms with Gasteiger partial charge in [-0.3, -0.25) is 0 Å². The largest absolute Gasteiger partial charge is 0.496 e. The lowest BCUT2D eigenvalue weighted by atomic mass is 9.87. The van der Waals surface area contributed by atoms with E-state index in [1.165, 1.54) is 32.1 Å². The zero-order valence-corrected chi connectivity index (χ0v) is 22.6. The summed E-state index contributed by atoms with van der Waals surface area (Å²) in [7, 11) is 3.35. The molecule has 0 saturated heterocycles. The maximum atomic E-state index is 5.72. The molecule has 1 saturated carbocycles. The monoisotopic (exact) mass is 508 g/mol. The van der Waals surface area contributed by atoms with Gasteiger partial charge < -0.3 is 9.47 Å². The Hall–Kier alpha value is -3.93. The number of hydrogen-bond acceptors (Lipinski definition) is 5. The fraction of sp³-hybridized carbons (Fsp3) is 0.344. The topological polar surface area (TPSA) is 61.5 Å². The van der Waals surface area contributed by atoms with E-state index >= 15 is 0 Å². The number of benzene rings is 3. The van der Waals surface area contributed by atoms with Gasteiger partial charge in [-0.05, 0) is 37.0 Å². The molecule has 1 heterocycles. The third-order valence-electron chi connectivity index (χ3n) is 7.39. The first kappa shape index (κ1) is 25.7. The van der Waals surface area contributed by atoms with Gasteiger partial charge in [0.15, 0.2) is 5.82 Å². The molecule has 0 aliphatic heterocycles. The van der Waals surface area contributed by atoms with Gasteiger partial charge in [-0.1, -0.05) is 92.8 Å². The highest BCUT2D eigenvalue weighted by molar-refractivity contribution is 6.13. The molecule has 0 bridgehead atoms. The van der Waals surface area contributed by atoms with Crippen molar-refractivity contribution in [3.05, 3.63) is 89.5 Å². The first-order chi connectivity index (χ1) is 18.7. The Bertz CT molecular complexity index is 1330. The van der Waals surface area contributed by atoms with Crippen LogP contribution < -0.4 is 9.47 Å². The summed E-state index contributed by atoms with van der Waals surface area (Å²) in [6.45, 7) is 2.78. The number of aromatic nitrogens is 3. The van der Waals surface area contributed by atoms with E-state index in [1.807, 2.05) is 60.1 Å². The third-order valence-corrected chi connectivity index (χ3v) is 7.39. The molecule has 6 nitrogen and oxygen atoms in total. The molecule has 38 heavy (non-hydrogen) atoms. The predicted molar refractivity (Wildman–Crippen MR) is 153 cm³/mol. The number of rotatable bonds is 9. The van der Waals surface area contributed by atoms with E-state index in [2.05, 4.69) is 24.3 Å². The van der Waals surface area contributed by atoms with Gasteiger partial charge in [0.1, 0.15) is 11.5 Å². The number of aryl methyl sites for hydroxylation is 2.